The fraction of sp³-hybridized carbons (Fsp3) is 0.632. The molecule has 1 atom stereocenters. The maximum absolute atomic E-state index is 12.3. The second-order valence-corrected chi connectivity index (χ2v) is 7.01. The summed E-state index contributed by atoms with van der Waals surface area (Å²) in [7, 11) is 0. The molecule has 10 heteroatoms. The number of carbonyl (C=O) groups is 2. The van der Waals surface area contributed by atoms with Gasteiger partial charge in [0.25, 0.3) is 0 Å². The van der Waals surface area contributed by atoms with E-state index in [2.05, 4.69) is 27.2 Å². The summed E-state index contributed by atoms with van der Waals surface area (Å²) in [4.78, 5) is 35.6. The molecule has 0 aliphatic rings. The second kappa shape index (κ2) is 13.5. The van der Waals surface area contributed by atoms with Crippen LogP contribution in [0.3, 0.4) is 0 Å². The number of anilines is 1. The van der Waals surface area contributed by atoms with Gasteiger partial charge in [-0.15, -0.1) is 0 Å². The van der Waals surface area contributed by atoms with E-state index in [0.29, 0.717) is 17.6 Å². The number of carboxylic acid groups (broad SMARTS) is 1. The predicted molar refractivity (Wildman–Crippen MR) is 104 cm³/mol. The SMILES string of the molecule is CCCCCCCCCCC(NC(=O)Cn1cnc2c(N)ncnc21)C(=O)[O-].[Na+]. The molecule has 154 valence electrons. The zero-order valence-electron chi connectivity index (χ0n) is 17.4. The summed E-state index contributed by atoms with van der Waals surface area (Å²) in [6.45, 7) is 2.08. The molecule has 2 heterocycles. The minimum atomic E-state index is -1.27. The van der Waals surface area contributed by atoms with Gasteiger partial charge >= 0.3 is 29.6 Å². The third kappa shape index (κ3) is 8.28. The number of carboxylic acids is 1. The van der Waals surface area contributed by atoms with E-state index in [4.69, 9.17) is 5.73 Å². The van der Waals surface area contributed by atoms with Crippen LogP contribution in [0.4, 0.5) is 5.82 Å². The van der Waals surface area contributed by atoms with E-state index in [-0.39, 0.29) is 41.9 Å². The van der Waals surface area contributed by atoms with Crippen LogP contribution in [0, 0.1) is 0 Å². The van der Waals surface area contributed by atoms with Gasteiger partial charge in [-0.05, 0) is 6.42 Å². The number of nitrogen functional groups attached to an aromatic ring is 1. The van der Waals surface area contributed by atoms with Crippen LogP contribution in [0.5, 0.6) is 0 Å². The van der Waals surface area contributed by atoms with Crippen molar-refractivity contribution in [1.82, 2.24) is 24.8 Å². The summed E-state index contributed by atoms with van der Waals surface area (Å²) >= 11 is 0. The van der Waals surface area contributed by atoms with E-state index in [1.54, 1.807) is 0 Å². The number of nitrogens with one attached hydrogen (secondary N) is 1. The number of amides is 1. The molecule has 9 nitrogen and oxygen atoms in total. The molecule has 0 aromatic carbocycles. The van der Waals surface area contributed by atoms with Crippen molar-refractivity contribution in [3.63, 3.8) is 0 Å². The number of carbonyl (C=O) groups excluding carboxylic acids is 2. The number of rotatable bonds is 13. The van der Waals surface area contributed by atoms with Gasteiger partial charge in [-0.1, -0.05) is 58.3 Å². The maximum Gasteiger partial charge on any atom is 1.00 e. The van der Waals surface area contributed by atoms with Gasteiger partial charge in [0.15, 0.2) is 11.5 Å². The van der Waals surface area contributed by atoms with Gasteiger partial charge in [0.2, 0.25) is 5.91 Å². The Morgan fingerprint density at radius 2 is 1.76 bits per heavy atom. The normalized spacial score (nSPS) is 11.8. The van der Waals surface area contributed by atoms with Crippen molar-refractivity contribution in [2.75, 3.05) is 5.73 Å². The summed E-state index contributed by atoms with van der Waals surface area (Å²) in [6.07, 6.45) is 12.0. The number of hydrogen-bond acceptors (Lipinski definition) is 7. The largest absolute Gasteiger partial charge is 1.00 e. The van der Waals surface area contributed by atoms with Crippen molar-refractivity contribution in [2.24, 2.45) is 0 Å². The Hall–Kier alpha value is -1.71. The first-order chi connectivity index (χ1) is 13.5. The quantitative estimate of drug-likeness (QED) is 0.292. The Balaban J connectivity index is 0.00000420. The van der Waals surface area contributed by atoms with Gasteiger partial charge in [-0.3, -0.25) is 4.79 Å². The minimum absolute atomic E-state index is 0. The number of hydrogen-bond donors (Lipinski definition) is 2. The Labute approximate surface area is 193 Å². The molecule has 0 saturated heterocycles. The van der Waals surface area contributed by atoms with Gasteiger partial charge in [0.1, 0.15) is 18.4 Å². The molecule has 29 heavy (non-hydrogen) atoms. The van der Waals surface area contributed by atoms with Gasteiger partial charge in [-0.2, -0.15) is 0 Å². The van der Waals surface area contributed by atoms with E-state index < -0.39 is 17.9 Å². The zero-order chi connectivity index (χ0) is 20.4. The smallest absolute Gasteiger partial charge is 0.548 e. The summed E-state index contributed by atoms with van der Waals surface area (Å²) < 4.78 is 1.51. The number of nitrogens with two attached hydrogens (primary N) is 1. The van der Waals surface area contributed by atoms with Crippen LogP contribution >= 0.6 is 0 Å². The molecular formula is C19H29N6NaO3. The molecule has 0 saturated carbocycles. The molecule has 3 N–H and O–H groups in total. The van der Waals surface area contributed by atoms with Crippen molar-refractivity contribution in [3.05, 3.63) is 12.7 Å². The van der Waals surface area contributed by atoms with Crippen molar-refractivity contribution in [3.8, 4) is 0 Å². The molecule has 2 rings (SSSR count). The van der Waals surface area contributed by atoms with Gasteiger partial charge in [0.05, 0.1) is 18.3 Å². The van der Waals surface area contributed by atoms with Crippen LogP contribution in [-0.2, 0) is 16.1 Å². The van der Waals surface area contributed by atoms with Crippen molar-refractivity contribution >= 4 is 28.9 Å². The zero-order valence-corrected chi connectivity index (χ0v) is 19.4. The fourth-order valence-electron chi connectivity index (χ4n) is 3.14. The Morgan fingerprint density at radius 3 is 2.41 bits per heavy atom. The summed E-state index contributed by atoms with van der Waals surface area (Å²) in [5.74, 6) is -1.48. The number of imidazole rings is 1. The molecule has 0 spiro atoms. The van der Waals surface area contributed by atoms with Crippen LogP contribution < -0.4 is 45.7 Å². The first-order valence-electron chi connectivity index (χ1n) is 9.94. The molecule has 0 aliphatic carbocycles. The molecular weight excluding hydrogens is 383 g/mol. The van der Waals surface area contributed by atoms with Crippen molar-refractivity contribution < 1.29 is 44.3 Å². The second-order valence-electron chi connectivity index (χ2n) is 7.01. The standard InChI is InChI=1S/C19H30N6O3.Na/c1-2-3-4-5-6-7-8-9-10-14(19(27)28)24-15(26)11-25-13-23-16-17(20)21-12-22-18(16)25;/h12-14H,2-11H2,1H3,(H,24,26)(H,27,28)(H2,20,21,22);/q;+1/p-1. The average Bonchev–Trinajstić information content (AvgIpc) is 3.07. The van der Waals surface area contributed by atoms with Gasteiger partial charge < -0.3 is 25.5 Å². The maximum atomic E-state index is 12.3. The van der Waals surface area contributed by atoms with Crippen LogP contribution in [0.25, 0.3) is 11.2 Å². The first kappa shape index (κ1) is 25.3. The molecule has 1 amide bonds. The third-order valence-electron chi connectivity index (χ3n) is 4.71. The monoisotopic (exact) mass is 412 g/mol. The molecule has 2 aromatic rings. The number of nitrogens with zero attached hydrogens (tertiary/aromatic N) is 4. The average molecular weight is 412 g/mol. The summed E-state index contributed by atoms with van der Waals surface area (Å²) in [6, 6.07) is -0.998. The van der Waals surface area contributed by atoms with E-state index in [9.17, 15) is 14.7 Å². The molecule has 0 radical (unpaired) electrons. The number of aromatic nitrogens is 4. The number of unbranched alkanes of at least 4 members (excludes halogenated alkanes) is 7. The van der Waals surface area contributed by atoms with E-state index in [1.165, 1.54) is 49.3 Å². The fourth-order valence-corrected chi connectivity index (χ4v) is 3.14. The molecule has 2 aromatic heterocycles. The van der Waals surface area contributed by atoms with Gasteiger partial charge in [-0.25, -0.2) is 15.0 Å². The van der Waals surface area contributed by atoms with Crippen LogP contribution in [0.15, 0.2) is 12.7 Å². The van der Waals surface area contributed by atoms with E-state index in [1.807, 2.05) is 0 Å². The van der Waals surface area contributed by atoms with Gasteiger partial charge in [0, 0.05) is 0 Å². The summed E-state index contributed by atoms with van der Waals surface area (Å²) in [5.41, 5.74) is 6.56. The molecule has 0 aliphatic heterocycles. The number of aliphatic carboxylic acids is 1. The number of fused-ring (bicyclic) bond motifs is 1. The topological polar surface area (TPSA) is 139 Å². The third-order valence-corrected chi connectivity index (χ3v) is 4.71. The Bertz CT molecular complexity index is 782. The Kier molecular flexibility index (Phi) is 11.8. The van der Waals surface area contributed by atoms with Crippen molar-refractivity contribution in [1.29, 1.82) is 0 Å². The molecule has 1 unspecified atom stereocenters. The van der Waals surface area contributed by atoms with E-state index >= 15 is 0 Å². The van der Waals surface area contributed by atoms with E-state index in [0.717, 1.165) is 19.3 Å². The van der Waals surface area contributed by atoms with Crippen molar-refractivity contribution in [2.45, 2.75) is 77.3 Å². The molecule has 0 fully saturated rings. The summed E-state index contributed by atoms with van der Waals surface area (Å²) in [5, 5.41) is 13.9. The minimum Gasteiger partial charge on any atom is -0.548 e. The Morgan fingerprint density at radius 1 is 1.10 bits per heavy atom. The van der Waals surface area contributed by atoms with Crippen LogP contribution in [0.1, 0.15) is 64.7 Å². The van der Waals surface area contributed by atoms with Crippen LogP contribution in [0.2, 0.25) is 0 Å². The van der Waals surface area contributed by atoms with Crippen LogP contribution in [-0.4, -0.2) is 37.4 Å². The predicted octanol–water partition coefficient (Wildman–Crippen LogP) is -1.82. The first-order valence-corrected chi connectivity index (χ1v) is 9.94. The molecule has 0 bridgehead atoms.